The number of nitrogens with zero attached hydrogens (tertiary/aromatic N) is 2. The van der Waals surface area contributed by atoms with Gasteiger partial charge in [-0.05, 0) is 13.0 Å². The zero-order valence-corrected chi connectivity index (χ0v) is 9.77. The number of hydrogen-bond acceptors (Lipinski definition) is 4. The zero-order chi connectivity index (χ0) is 12.4. The molecule has 5 nitrogen and oxygen atoms in total. The van der Waals surface area contributed by atoms with Crippen LogP contribution in [0.25, 0.3) is 5.65 Å². The molecular formula is C11H9ClN2O3. The molecule has 0 radical (unpaired) electrons. The highest BCUT2D eigenvalue weighted by Crippen LogP contribution is 2.16. The summed E-state index contributed by atoms with van der Waals surface area (Å²) in [5.74, 6) is -0.579. The number of hydrogen-bond donors (Lipinski definition) is 0. The Morgan fingerprint density at radius 2 is 2.41 bits per heavy atom. The van der Waals surface area contributed by atoms with Gasteiger partial charge < -0.3 is 4.74 Å². The van der Waals surface area contributed by atoms with Crippen molar-refractivity contribution >= 4 is 29.5 Å². The van der Waals surface area contributed by atoms with E-state index in [0.29, 0.717) is 17.0 Å². The van der Waals surface area contributed by atoms with E-state index in [0.717, 1.165) is 0 Å². The molecule has 2 rings (SSSR count). The highest BCUT2D eigenvalue weighted by atomic mass is 35.5. The van der Waals surface area contributed by atoms with Crippen LogP contribution in [0.15, 0.2) is 18.3 Å². The average molecular weight is 253 g/mol. The molecule has 17 heavy (non-hydrogen) atoms. The van der Waals surface area contributed by atoms with Gasteiger partial charge >= 0.3 is 5.97 Å². The second kappa shape index (κ2) is 4.55. The molecular weight excluding hydrogens is 244 g/mol. The van der Waals surface area contributed by atoms with Gasteiger partial charge in [-0.25, -0.2) is 9.78 Å². The number of esters is 1. The Hall–Kier alpha value is -1.88. The van der Waals surface area contributed by atoms with Gasteiger partial charge in [-0.3, -0.25) is 9.20 Å². The smallest absolute Gasteiger partial charge is 0.357 e. The molecule has 2 aromatic rings. The lowest BCUT2D eigenvalue weighted by molar-refractivity contribution is 0.0516. The van der Waals surface area contributed by atoms with Crippen molar-refractivity contribution in [3.05, 3.63) is 34.7 Å². The second-order valence-corrected chi connectivity index (χ2v) is 3.69. The number of aromatic nitrogens is 2. The van der Waals surface area contributed by atoms with E-state index in [1.54, 1.807) is 25.3 Å². The Morgan fingerprint density at radius 3 is 3.06 bits per heavy atom. The third-order valence-electron chi connectivity index (χ3n) is 2.20. The molecule has 0 aliphatic heterocycles. The van der Waals surface area contributed by atoms with Crippen molar-refractivity contribution in [3.63, 3.8) is 0 Å². The number of ether oxygens (including phenoxy) is 1. The van der Waals surface area contributed by atoms with E-state index in [1.807, 2.05) is 0 Å². The fraction of sp³-hybridized carbons (Fsp3) is 0.182. The van der Waals surface area contributed by atoms with Crippen LogP contribution >= 0.6 is 11.6 Å². The first-order chi connectivity index (χ1) is 8.17. The van der Waals surface area contributed by atoms with Gasteiger partial charge in [0.1, 0.15) is 11.3 Å². The lowest BCUT2D eigenvalue weighted by Gasteiger charge is -2.02. The van der Waals surface area contributed by atoms with E-state index in [1.165, 1.54) is 4.40 Å². The van der Waals surface area contributed by atoms with Crippen molar-refractivity contribution in [2.75, 3.05) is 6.61 Å². The predicted molar refractivity (Wildman–Crippen MR) is 61.5 cm³/mol. The summed E-state index contributed by atoms with van der Waals surface area (Å²) in [4.78, 5) is 26.6. The van der Waals surface area contributed by atoms with Crippen LogP contribution in [-0.4, -0.2) is 28.2 Å². The Balaban J connectivity index is 2.66. The highest BCUT2D eigenvalue weighted by Gasteiger charge is 2.19. The highest BCUT2D eigenvalue weighted by molar-refractivity contribution is 6.30. The van der Waals surface area contributed by atoms with Crippen LogP contribution < -0.4 is 0 Å². The molecule has 2 heterocycles. The lowest BCUT2D eigenvalue weighted by atomic mass is 10.3. The first kappa shape index (κ1) is 11.6. The molecule has 0 unspecified atom stereocenters. The van der Waals surface area contributed by atoms with E-state index >= 15 is 0 Å². The van der Waals surface area contributed by atoms with E-state index in [2.05, 4.69) is 4.98 Å². The summed E-state index contributed by atoms with van der Waals surface area (Å²) in [6.45, 7) is 1.93. The third-order valence-corrected chi connectivity index (χ3v) is 2.43. The maximum Gasteiger partial charge on any atom is 0.357 e. The largest absolute Gasteiger partial charge is 0.461 e. The van der Waals surface area contributed by atoms with Crippen LogP contribution in [0.3, 0.4) is 0 Å². The van der Waals surface area contributed by atoms with Crippen LogP contribution in [0.2, 0.25) is 5.02 Å². The van der Waals surface area contributed by atoms with Crippen LogP contribution in [0.5, 0.6) is 0 Å². The maximum atomic E-state index is 11.7. The van der Waals surface area contributed by atoms with E-state index in [4.69, 9.17) is 16.3 Å². The molecule has 0 bridgehead atoms. The van der Waals surface area contributed by atoms with Crippen molar-refractivity contribution in [2.24, 2.45) is 0 Å². The molecule has 0 aromatic carbocycles. The van der Waals surface area contributed by atoms with Gasteiger partial charge in [-0.15, -0.1) is 0 Å². The second-order valence-electron chi connectivity index (χ2n) is 3.26. The van der Waals surface area contributed by atoms with Gasteiger partial charge in [0.15, 0.2) is 12.0 Å². The Kier molecular flexibility index (Phi) is 3.10. The molecule has 0 atom stereocenters. The summed E-state index contributed by atoms with van der Waals surface area (Å²) in [6.07, 6.45) is 2.09. The molecule has 0 spiro atoms. The van der Waals surface area contributed by atoms with E-state index in [9.17, 15) is 9.59 Å². The molecule has 0 N–H and O–H groups in total. The monoisotopic (exact) mass is 252 g/mol. The Morgan fingerprint density at radius 1 is 1.65 bits per heavy atom. The number of aldehydes is 1. The standard InChI is InChI=1S/C11H9ClN2O3/c1-2-17-11(16)10-8(6-15)13-9-5-7(12)3-4-14(9)10/h3-6H,2H2,1H3. The third kappa shape index (κ3) is 2.01. The fourth-order valence-corrected chi connectivity index (χ4v) is 1.68. The van der Waals surface area contributed by atoms with Crippen LogP contribution in [0.1, 0.15) is 27.9 Å². The van der Waals surface area contributed by atoms with Crippen molar-refractivity contribution in [3.8, 4) is 0 Å². The van der Waals surface area contributed by atoms with Crippen molar-refractivity contribution in [1.29, 1.82) is 0 Å². The van der Waals surface area contributed by atoms with Gasteiger partial charge in [0.25, 0.3) is 0 Å². The van der Waals surface area contributed by atoms with Crippen molar-refractivity contribution < 1.29 is 14.3 Å². The minimum Gasteiger partial charge on any atom is -0.461 e. The van der Waals surface area contributed by atoms with E-state index in [-0.39, 0.29) is 18.0 Å². The molecule has 88 valence electrons. The number of rotatable bonds is 3. The van der Waals surface area contributed by atoms with E-state index < -0.39 is 5.97 Å². The molecule has 2 aromatic heterocycles. The minimum atomic E-state index is -0.579. The quantitative estimate of drug-likeness (QED) is 0.619. The van der Waals surface area contributed by atoms with Gasteiger partial charge in [-0.1, -0.05) is 11.6 Å². The van der Waals surface area contributed by atoms with Crippen molar-refractivity contribution in [1.82, 2.24) is 9.38 Å². The number of fused-ring (bicyclic) bond motifs is 1. The SMILES string of the molecule is CCOC(=O)c1c(C=O)nc2cc(Cl)ccn12. The first-order valence-electron chi connectivity index (χ1n) is 4.97. The lowest BCUT2D eigenvalue weighted by Crippen LogP contribution is -2.10. The fourth-order valence-electron chi connectivity index (χ4n) is 1.52. The molecule has 0 amide bonds. The Labute approximate surface area is 102 Å². The van der Waals surface area contributed by atoms with Gasteiger partial charge in [-0.2, -0.15) is 0 Å². The van der Waals surface area contributed by atoms with Gasteiger partial charge in [0.2, 0.25) is 0 Å². The number of carbonyl (C=O) groups excluding carboxylic acids is 2. The molecule has 0 saturated heterocycles. The van der Waals surface area contributed by atoms with Crippen LogP contribution in [0, 0.1) is 0 Å². The topological polar surface area (TPSA) is 60.7 Å². The molecule has 6 heteroatoms. The number of halogens is 1. The number of pyridine rings is 1. The Bertz CT molecular complexity index is 592. The number of carbonyl (C=O) groups is 2. The normalized spacial score (nSPS) is 10.5. The summed E-state index contributed by atoms with van der Waals surface area (Å²) >= 11 is 5.81. The zero-order valence-electron chi connectivity index (χ0n) is 9.01. The predicted octanol–water partition coefficient (Wildman–Crippen LogP) is 1.98. The summed E-state index contributed by atoms with van der Waals surface area (Å²) in [7, 11) is 0. The van der Waals surface area contributed by atoms with Gasteiger partial charge in [0, 0.05) is 17.3 Å². The average Bonchev–Trinajstić information content (AvgIpc) is 2.66. The van der Waals surface area contributed by atoms with Crippen LogP contribution in [0.4, 0.5) is 0 Å². The summed E-state index contributed by atoms with van der Waals surface area (Å²) in [5.41, 5.74) is 0.599. The van der Waals surface area contributed by atoms with Crippen molar-refractivity contribution in [2.45, 2.75) is 6.92 Å². The summed E-state index contributed by atoms with van der Waals surface area (Å²) in [6, 6.07) is 3.17. The minimum absolute atomic E-state index is 0.0470. The van der Waals surface area contributed by atoms with Gasteiger partial charge in [0.05, 0.1) is 6.61 Å². The molecule has 0 fully saturated rings. The molecule has 0 aliphatic carbocycles. The molecule has 0 saturated carbocycles. The number of imidazole rings is 1. The molecule has 0 aliphatic rings. The maximum absolute atomic E-state index is 11.7. The first-order valence-corrected chi connectivity index (χ1v) is 5.35. The summed E-state index contributed by atoms with van der Waals surface area (Å²) < 4.78 is 6.36. The van der Waals surface area contributed by atoms with Crippen LogP contribution in [-0.2, 0) is 4.74 Å². The summed E-state index contributed by atoms with van der Waals surface area (Å²) in [5, 5.41) is 0.482.